The Hall–Kier alpha value is -2.50. The largest absolute Gasteiger partial charge is 0.508 e. The number of rotatable bonds is 4. The van der Waals surface area contributed by atoms with Crippen LogP contribution in [0.1, 0.15) is 0 Å². The number of carbonyl (C=O) groups is 1. The zero-order chi connectivity index (χ0) is 12.3. The molecule has 0 saturated carbocycles. The molecule has 2 aromatic rings. The molecule has 0 aliphatic rings. The molecule has 0 aliphatic carbocycles. The number of benzene rings is 1. The van der Waals surface area contributed by atoms with Gasteiger partial charge in [0.05, 0.1) is 18.1 Å². The topological polar surface area (TPSA) is 84.6 Å². The van der Waals surface area contributed by atoms with Crippen LogP contribution in [0.4, 0.5) is 0 Å². The van der Waals surface area contributed by atoms with Crippen molar-refractivity contribution in [3.63, 3.8) is 0 Å². The van der Waals surface area contributed by atoms with Gasteiger partial charge in [0, 0.05) is 0 Å². The molecule has 0 fully saturated rings. The van der Waals surface area contributed by atoms with Gasteiger partial charge in [-0.15, -0.1) is 0 Å². The minimum atomic E-state index is -1.04. The van der Waals surface area contributed by atoms with Gasteiger partial charge in [0.15, 0.2) is 12.4 Å². The summed E-state index contributed by atoms with van der Waals surface area (Å²) in [4.78, 5) is 10.3. The number of carboxylic acids is 1. The van der Waals surface area contributed by atoms with Crippen molar-refractivity contribution in [2.45, 2.75) is 0 Å². The molecule has 6 heteroatoms. The van der Waals surface area contributed by atoms with E-state index in [1.165, 1.54) is 23.0 Å². The van der Waals surface area contributed by atoms with Crippen molar-refractivity contribution in [3.8, 4) is 17.2 Å². The monoisotopic (exact) mass is 234 g/mol. The van der Waals surface area contributed by atoms with Crippen molar-refractivity contribution in [2.75, 3.05) is 6.61 Å². The van der Waals surface area contributed by atoms with Gasteiger partial charge in [0.2, 0.25) is 0 Å². The Balaban J connectivity index is 2.12. The number of phenolic OH excluding ortho intramolecular Hbond substituents is 1. The molecule has 0 spiro atoms. The minimum absolute atomic E-state index is 0.170. The Labute approximate surface area is 96.7 Å². The Kier molecular flexibility index (Phi) is 2.95. The lowest BCUT2D eigenvalue weighted by Crippen LogP contribution is -2.08. The van der Waals surface area contributed by atoms with Crippen molar-refractivity contribution >= 4 is 5.97 Å². The van der Waals surface area contributed by atoms with Gasteiger partial charge in [-0.05, 0) is 24.3 Å². The molecule has 0 amide bonds. The standard InChI is InChI=1S/C11H10N2O4/c14-9-3-1-8(2-4-9)13-6-10(5-12-13)17-7-11(15)16/h1-6,14H,7H2,(H,15,16). The third-order valence-electron chi connectivity index (χ3n) is 2.04. The zero-order valence-corrected chi connectivity index (χ0v) is 8.78. The van der Waals surface area contributed by atoms with Gasteiger partial charge >= 0.3 is 5.97 Å². The van der Waals surface area contributed by atoms with E-state index in [-0.39, 0.29) is 5.75 Å². The van der Waals surface area contributed by atoms with Crippen LogP contribution in [0.25, 0.3) is 5.69 Å². The molecule has 0 aliphatic heterocycles. The summed E-state index contributed by atoms with van der Waals surface area (Å²) in [5, 5.41) is 21.6. The molecule has 0 saturated heterocycles. The predicted molar refractivity (Wildman–Crippen MR) is 58.4 cm³/mol. The van der Waals surface area contributed by atoms with E-state index in [9.17, 15) is 4.79 Å². The molecule has 0 radical (unpaired) electrons. The molecule has 0 unspecified atom stereocenters. The number of hydrogen-bond donors (Lipinski definition) is 2. The predicted octanol–water partition coefficient (Wildman–Crippen LogP) is 1.04. The quantitative estimate of drug-likeness (QED) is 0.825. The van der Waals surface area contributed by atoms with E-state index < -0.39 is 12.6 Å². The molecule has 17 heavy (non-hydrogen) atoms. The van der Waals surface area contributed by atoms with Gasteiger partial charge < -0.3 is 14.9 Å². The first-order valence-electron chi connectivity index (χ1n) is 4.84. The van der Waals surface area contributed by atoms with Gasteiger partial charge in [-0.3, -0.25) is 0 Å². The van der Waals surface area contributed by atoms with E-state index in [0.29, 0.717) is 5.75 Å². The highest BCUT2D eigenvalue weighted by atomic mass is 16.5. The maximum atomic E-state index is 10.3. The maximum Gasteiger partial charge on any atom is 0.341 e. The van der Waals surface area contributed by atoms with Gasteiger partial charge in [0.1, 0.15) is 5.75 Å². The number of aliphatic carboxylic acids is 1. The lowest BCUT2D eigenvalue weighted by Gasteiger charge is -2.00. The van der Waals surface area contributed by atoms with Gasteiger partial charge in [-0.1, -0.05) is 0 Å². The van der Waals surface area contributed by atoms with Crippen LogP contribution in [0.15, 0.2) is 36.7 Å². The Morgan fingerprint density at radius 2 is 2.06 bits per heavy atom. The minimum Gasteiger partial charge on any atom is -0.508 e. The second kappa shape index (κ2) is 4.56. The van der Waals surface area contributed by atoms with E-state index in [4.69, 9.17) is 14.9 Å². The van der Waals surface area contributed by atoms with Crippen molar-refractivity contribution < 1.29 is 19.7 Å². The third kappa shape index (κ3) is 2.75. The number of phenols is 1. The van der Waals surface area contributed by atoms with E-state index in [1.54, 1.807) is 18.3 Å². The lowest BCUT2D eigenvalue weighted by atomic mass is 10.3. The molecular weight excluding hydrogens is 224 g/mol. The summed E-state index contributed by atoms with van der Waals surface area (Å²) >= 11 is 0. The number of nitrogens with zero attached hydrogens (tertiary/aromatic N) is 2. The third-order valence-corrected chi connectivity index (χ3v) is 2.04. The molecule has 1 aromatic heterocycles. The first kappa shape index (κ1) is 11.0. The van der Waals surface area contributed by atoms with E-state index in [2.05, 4.69) is 5.10 Å². The summed E-state index contributed by atoms with van der Waals surface area (Å²) in [5.41, 5.74) is 0.743. The van der Waals surface area contributed by atoms with Gasteiger partial charge in [-0.2, -0.15) is 5.10 Å². The fourth-order valence-corrected chi connectivity index (χ4v) is 1.27. The molecular formula is C11H10N2O4. The van der Waals surface area contributed by atoms with Crippen LogP contribution < -0.4 is 4.74 Å². The SMILES string of the molecule is O=C(O)COc1cnn(-c2ccc(O)cc2)c1. The van der Waals surface area contributed by atoms with E-state index in [0.717, 1.165) is 5.69 Å². The average Bonchev–Trinajstić information content (AvgIpc) is 2.76. The Morgan fingerprint density at radius 3 is 2.71 bits per heavy atom. The molecule has 6 nitrogen and oxygen atoms in total. The maximum absolute atomic E-state index is 10.3. The summed E-state index contributed by atoms with van der Waals surface area (Å²) in [6.45, 7) is -0.402. The Morgan fingerprint density at radius 1 is 1.35 bits per heavy atom. The van der Waals surface area contributed by atoms with Crippen molar-refractivity contribution in [1.29, 1.82) is 0 Å². The summed E-state index contributed by atoms with van der Waals surface area (Å²) in [6.07, 6.45) is 2.99. The van der Waals surface area contributed by atoms with E-state index in [1.807, 2.05) is 0 Å². The highest BCUT2D eigenvalue weighted by molar-refractivity contribution is 5.68. The number of ether oxygens (including phenoxy) is 1. The van der Waals surface area contributed by atoms with E-state index >= 15 is 0 Å². The van der Waals surface area contributed by atoms with Gasteiger partial charge in [0.25, 0.3) is 0 Å². The normalized spacial score (nSPS) is 10.1. The van der Waals surface area contributed by atoms with Crippen LogP contribution in [0.2, 0.25) is 0 Å². The number of aromatic nitrogens is 2. The fourth-order valence-electron chi connectivity index (χ4n) is 1.27. The van der Waals surface area contributed by atoms with Gasteiger partial charge in [-0.25, -0.2) is 9.48 Å². The summed E-state index contributed by atoms with van der Waals surface area (Å²) in [6, 6.07) is 6.44. The van der Waals surface area contributed by atoms with Crippen LogP contribution in [0, 0.1) is 0 Å². The first-order chi connectivity index (χ1) is 8.15. The summed E-state index contributed by atoms with van der Waals surface area (Å²) in [7, 11) is 0. The second-order valence-electron chi connectivity index (χ2n) is 3.32. The molecule has 0 bridgehead atoms. The van der Waals surface area contributed by atoms with Crippen molar-refractivity contribution in [3.05, 3.63) is 36.7 Å². The lowest BCUT2D eigenvalue weighted by molar-refractivity contribution is -0.139. The molecule has 2 N–H and O–H groups in total. The van der Waals surface area contributed by atoms with Crippen LogP contribution in [-0.4, -0.2) is 32.6 Å². The molecule has 1 aromatic carbocycles. The average molecular weight is 234 g/mol. The number of aromatic hydroxyl groups is 1. The molecule has 0 atom stereocenters. The van der Waals surface area contributed by atoms with Crippen LogP contribution >= 0.6 is 0 Å². The molecule has 88 valence electrons. The number of hydrogen-bond acceptors (Lipinski definition) is 4. The number of carboxylic acid groups (broad SMARTS) is 1. The molecule has 2 rings (SSSR count). The fraction of sp³-hybridized carbons (Fsp3) is 0.0909. The summed E-state index contributed by atoms with van der Waals surface area (Å²) < 4.78 is 6.49. The van der Waals surface area contributed by atoms with Crippen LogP contribution in [0.5, 0.6) is 11.5 Å². The first-order valence-corrected chi connectivity index (χ1v) is 4.84. The second-order valence-corrected chi connectivity index (χ2v) is 3.32. The summed E-state index contributed by atoms with van der Waals surface area (Å²) in [5.74, 6) is -0.494. The highest BCUT2D eigenvalue weighted by Crippen LogP contribution is 2.16. The highest BCUT2D eigenvalue weighted by Gasteiger charge is 2.03. The van der Waals surface area contributed by atoms with Crippen LogP contribution in [0.3, 0.4) is 0 Å². The van der Waals surface area contributed by atoms with Crippen molar-refractivity contribution in [1.82, 2.24) is 9.78 Å². The van der Waals surface area contributed by atoms with Crippen molar-refractivity contribution in [2.24, 2.45) is 0 Å². The zero-order valence-electron chi connectivity index (χ0n) is 8.78. The van der Waals surface area contributed by atoms with Crippen LogP contribution in [-0.2, 0) is 4.79 Å². The Bertz CT molecular complexity index is 519. The smallest absolute Gasteiger partial charge is 0.341 e. The molecule has 1 heterocycles.